The number of halogens is 1. The molecule has 0 aliphatic carbocycles. The molecule has 0 aliphatic heterocycles. The summed E-state index contributed by atoms with van der Waals surface area (Å²) in [5, 5.41) is 4.10. The lowest BCUT2D eigenvalue weighted by Gasteiger charge is -2.12. The van der Waals surface area contributed by atoms with E-state index in [2.05, 4.69) is 38.2 Å². The lowest BCUT2D eigenvalue weighted by molar-refractivity contribution is 0.481. The second kappa shape index (κ2) is 6.78. The minimum absolute atomic E-state index is 0.483. The number of benzene rings is 2. The van der Waals surface area contributed by atoms with Crippen molar-refractivity contribution in [2.75, 3.05) is 0 Å². The van der Waals surface area contributed by atoms with Crippen LogP contribution in [0.4, 0.5) is 0 Å². The smallest absolute Gasteiger partial charge is 0.128 e. The van der Waals surface area contributed by atoms with Gasteiger partial charge in [0.25, 0.3) is 0 Å². The summed E-state index contributed by atoms with van der Waals surface area (Å²) < 4.78 is 5.82. The molecule has 20 heavy (non-hydrogen) atoms. The Bertz CT molecular complexity index is 581. The predicted octanol–water partition coefficient (Wildman–Crippen LogP) is 4.94. The van der Waals surface area contributed by atoms with Gasteiger partial charge in [-0.05, 0) is 48.4 Å². The van der Waals surface area contributed by atoms with Crippen LogP contribution in [0.25, 0.3) is 0 Å². The van der Waals surface area contributed by atoms with Gasteiger partial charge in [-0.25, -0.2) is 0 Å². The highest BCUT2D eigenvalue weighted by Crippen LogP contribution is 2.25. The van der Waals surface area contributed by atoms with Crippen molar-refractivity contribution in [1.82, 2.24) is 5.32 Å². The maximum atomic E-state index is 5.95. The molecule has 0 saturated carbocycles. The Balaban J connectivity index is 2.09. The zero-order chi connectivity index (χ0) is 14.5. The van der Waals surface area contributed by atoms with E-state index in [4.69, 9.17) is 16.3 Å². The van der Waals surface area contributed by atoms with E-state index in [1.165, 1.54) is 11.1 Å². The maximum Gasteiger partial charge on any atom is 0.128 e. The van der Waals surface area contributed by atoms with Gasteiger partial charge in [-0.2, -0.15) is 0 Å². The fourth-order valence-corrected chi connectivity index (χ4v) is 2.09. The number of hydrogen-bond donors (Lipinski definition) is 1. The molecule has 0 atom stereocenters. The summed E-state index contributed by atoms with van der Waals surface area (Å²) in [5.74, 6) is 1.59. The molecular weight excluding hydrogens is 270 g/mol. The van der Waals surface area contributed by atoms with Crippen LogP contribution in [0.5, 0.6) is 11.5 Å². The minimum atomic E-state index is 0.483. The van der Waals surface area contributed by atoms with Gasteiger partial charge in [-0.1, -0.05) is 37.6 Å². The second-order valence-electron chi connectivity index (χ2n) is 5.18. The van der Waals surface area contributed by atoms with Crippen LogP contribution in [0.15, 0.2) is 42.5 Å². The van der Waals surface area contributed by atoms with Gasteiger partial charge >= 0.3 is 0 Å². The molecule has 2 aromatic carbocycles. The standard InChI is InChI=1S/C17H20ClNO/c1-12(2)19-11-14-7-8-17(9-13(14)3)20-16-6-4-5-15(18)10-16/h4-10,12,19H,11H2,1-3H3. The van der Waals surface area contributed by atoms with Crippen LogP contribution < -0.4 is 10.1 Å². The highest BCUT2D eigenvalue weighted by molar-refractivity contribution is 6.30. The molecule has 0 spiro atoms. The average Bonchev–Trinajstić information content (AvgIpc) is 2.37. The van der Waals surface area contributed by atoms with Crippen molar-refractivity contribution in [1.29, 1.82) is 0 Å². The van der Waals surface area contributed by atoms with Gasteiger partial charge in [0.05, 0.1) is 0 Å². The number of ether oxygens (including phenoxy) is 1. The predicted molar refractivity (Wildman–Crippen MR) is 84.7 cm³/mol. The van der Waals surface area contributed by atoms with Gasteiger partial charge in [0.2, 0.25) is 0 Å². The van der Waals surface area contributed by atoms with Crippen molar-refractivity contribution in [3.8, 4) is 11.5 Å². The van der Waals surface area contributed by atoms with E-state index in [-0.39, 0.29) is 0 Å². The third kappa shape index (κ3) is 4.26. The minimum Gasteiger partial charge on any atom is -0.457 e. The Labute approximate surface area is 125 Å². The first-order chi connectivity index (χ1) is 9.54. The SMILES string of the molecule is Cc1cc(Oc2cccc(Cl)c2)ccc1CNC(C)C. The summed E-state index contributed by atoms with van der Waals surface area (Å²) in [6.07, 6.45) is 0. The maximum absolute atomic E-state index is 5.95. The Morgan fingerprint density at radius 2 is 1.85 bits per heavy atom. The summed E-state index contributed by atoms with van der Waals surface area (Å²) in [7, 11) is 0. The Morgan fingerprint density at radius 3 is 2.50 bits per heavy atom. The summed E-state index contributed by atoms with van der Waals surface area (Å²) in [5.41, 5.74) is 2.51. The van der Waals surface area contributed by atoms with Crippen molar-refractivity contribution in [3.63, 3.8) is 0 Å². The van der Waals surface area contributed by atoms with E-state index in [1.54, 1.807) is 0 Å². The monoisotopic (exact) mass is 289 g/mol. The molecule has 2 aromatic rings. The van der Waals surface area contributed by atoms with Gasteiger partial charge in [0.1, 0.15) is 11.5 Å². The largest absolute Gasteiger partial charge is 0.457 e. The lowest BCUT2D eigenvalue weighted by atomic mass is 10.1. The van der Waals surface area contributed by atoms with Crippen LogP contribution in [0.1, 0.15) is 25.0 Å². The fraction of sp³-hybridized carbons (Fsp3) is 0.294. The van der Waals surface area contributed by atoms with E-state index >= 15 is 0 Å². The van der Waals surface area contributed by atoms with E-state index in [9.17, 15) is 0 Å². The molecule has 0 fully saturated rings. The number of rotatable bonds is 5. The molecule has 0 radical (unpaired) electrons. The molecule has 0 heterocycles. The second-order valence-corrected chi connectivity index (χ2v) is 5.62. The molecular formula is C17H20ClNO. The zero-order valence-electron chi connectivity index (χ0n) is 12.1. The number of aryl methyl sites for hydroxylation is 1. The molecule has 3 heteroatoms. The molecule has 0 amide bonds. The van der Waals surface area contributed by atoms with Crippen LogP contribution in [0.2, 0.25) is 5.02 Å². The molecule has 2 nitrogen and oxygen atoms in total. The first kappa shape index (κ1) is 14.9. The van der Waals surface area contributed by atoms with Crippen molar-refractivity contribution < 1.29 is 4.74 Å². The summed E-state index contributed by atoms with van der Waals surface area (Å²) in [4.78, 5) is 0. The first-order valence-corrected chi connectivity index (χ1v) is 7.19. The number of hydrogen-bond acceptors (Lipinski definition) is 2. The Kier molecular flexibility index (Phi) is 5.05. The third-order valence-corrected chi connectivity index (χ3v) is 3.28. The first-order valence-electron chi connectivity index (χ1n) is 6.81. The van der Waals surface area contributed by atoms with Crippen molar-refractivity contribution in [2.45, 2.75) is 33.4 Å². The van der Waals surface area contributed by atoms with Gasteiger partial charge in [0, 0.05) is 17.6 Å². The van der Waals surface area contributed by atoms with Crippen LogP contribution in [-0.4, -0.2) is 6.04 Å². The van der Waals surface area contributed by atoms with Crippen molar-refractivity contribution in [2.24, 2.45) is 0 Å². The van der Waals surface area contributed by atoms with Gasteiger partial charge in [-0.3, -0.25) is 0 Å². The summed E-state index contributed by atoms with van der Waals surface area (Å²) in [6, 6.07) is 14.1. The average molecular weight is 290 g/mol. The topological polar surface area (TPSA) is 21.3 Å². The summed E-state index contributed by atoms with van der Waals surface area (Å²) >= 11 is 5.95. The summed E-state index contributed by atoms with van der Waals surface area (Å²) in [6.45, 7) is 7.26. The quantitative estimate of drug-likeness (QED) is 0.842. The molecule has 106 valence electrons. The third-order valence-electron chi connectivity index (χ3n) is 3.05. The van der Waals surface area contributed by atoms with E-state index in [0.29, 0.717) is 11.1 Å². The van der Waals surface area contributed by atoms with Crippen molar-refractivity contribution in [3.05, 3.63) is 58.6 Å². The van der Waals surface area contributed by atoms with Gasteiger partial charge in [-0.15, -0.1) is 0 Å². The van der Waals surface area contributed by atoms with E-state index in [0.717, 1.165) is 18.0 Å². The zero-order valence-corrected chi connectivity index (χ0v) is 12.9. The lowest BCUT2D eigenvalue weighted by Crippen LogP contribution is -2.22. The van der Waals surface area contributed by atoms with E-state index in [1.807, 2.05) is 30.3 Å². The van der Waals surface area contributed by atoms with Crippen LogP contribution >= 0.6 is 11.6 Å². The highest BCUT2D eigenvalue weighted by Gasteiger charge is 2.03. The normalized spacial score (nSPS) is 10.8. The van der Waals surface area contributed by atoms with Gasteiger partial charge in [0.15, 0.2) is 0 Å². The van der Waals surface area contributed by atoms with E-state index < -0.39 is 0 Å². The molecule has 2 rings (SSSR count). The number of nitrogens with one attached hydrogen (secondary N) is 1. The molecule has 0 unspecified atom stereocenters. The molecule has 0 saturated heterocycles. The molecule has 1 N–H and O–H groups in total. The Hall–Kier alpha value is -1.51. The van der Waals surface area contributed by atoms with Crippen LogP contribution in [-0.2, 0) is 6.54 Å². The van der Waals surface area contributed by atoms with Gasteiger partial charge < -0.3 is 10.1 Å². The molecule has 0 aliphatic rings. The highest BCUT2D eigenvalue weighted by atomic mass is 35.5. The van der Waals surface area contributed by atoms with Crippen LogP contribution in [0.3, 0.4) is 0 Å². The molecule has 0 aromatic heterocycles. The fourth-order valence-electron chi connectivity index (χ4n) is 1.91. The van der Waals surface area contributed by atoms with Crippen molar-refractivity contribution >= 4 is 11.6 Å². The van der Waals surface area contributed by atoms with Crippen LogP contribution in [0, 0.1) is 6.92 Å². The Morgan fingerprint density at radius 1 is 1.10 bits per heavy atom. The molecule has 0 bridgehead atoms.